The van der Waals surface area contributed by atoms with Gasteiger partial charge in [-0.25, -0.2) is 19.5 Å². The fourth-order valence-electron chi connectivity index (χ4n) is 4.97. The van der Waals surface area contributed by atoms with Gasteiger partial charge in [0, 0.05) is 6.92 Å². The largest absolute Gasteiger partial charge is 0.465 e. The number of hydrogen-bond donors (Lipinski definition) is 1. The zero-order valence-corrected chi connectivity index (χ0v) is 25.0. The molecule has 0 fully saturated rings. The predicted molar refractivity (Wildman–Crippen MR) is 173 cm³/mol. The fraction of sp³-hybridized carbons (Fsp3) is 0.0857. The molecule has 11 heteroatoms. The van der Waals surface area contributed by atoms with Crippen LogP contribution in [0.4, 0.5) is 22.1 Å². The second-order valence-electron chi connectivity index (χ2n) is 10.2. The van der Waals surface area contributed by atoms with E-state index in [2.05, 4.69) is 20.3 Å². The average molecular weight is 613 g/mol. The van der Waals surface area contributed by atoms with Crippen LogP contribution in [0, 0.1) is 0 Å². The molecule has 0 aliphatic heterocycles. The van der Waals surface area contributed by atoms with Gasteiger partial charge in [0.05, 0.1) is 36.9 Å². The van der Waals surface area contributed by atoms with Gasteiger partial charge in [0.15, 0.2) is 11.2 Å². The molecule has 0 aliphatic carbocycles. The predicted octanol–water partition coefficient (Wildman–Crippen LogP) is 6.62. The van der Waals surface area contributed by atoms with Crippen molar-refractivity contribution in [2.45, 2.75) is 13.5 Å². The average Bonchev–Trinajstić information content (AvgIpc) is 3.48. The van der Waals surface area contributed by atoms with E-state index in [1.807, 2.05) is 72.8 Å². The van der Waals surface area contributed by atoms with Crippen LogP contribution in [0.15, 0.2) is 116 Å². The van der Waals surface area contributed by atoms with E-state index >= 15 is 0 Å². The van der Waals surface area contributed by atoms with Gasteiger partial charge in [-0.3, -0.25) is 10.1 Å². The SMILES string of the molecule is COC(=O)c1ccccc1-c1ccc(Cn2cnc3c(OC(=O)N(c4ccccc4)c4ccccc4)nc(NC(C)=O)nc32)cc1. The van der Waals surface area contributed by atoms with Gasteiger partial charge in [-0.1, -0.05) is 78.9 Å². The third kappa shape index (κ3) is 6.29. The third-order valence-corrected chi connectivity index (χ3v) is 7.07. The minimum absolute atomic E-state index is 0.0368. The number of methoxy groups -OCH3 is 1. The highest BCUT2D eigenvalue weighted by atomic mass is 16.6. The maximum Gasteiger partial charge on any atom is 0.425 e. The minimum Gasteiger partial charge on any atom is -0.465 e. The number of imidazole rings is 1. The lowest BCUT2D eigenvalue weighted by molar-refractivity contribution is -0.114. The molecule has 228 valence electrons. The number of carbonyl (C=O) groups excluding carboxylic acids is 3. The minimum atomic E-state index is -0.719. The number of amides is 2. The van der Waals surface area contributed by atoms with Gasteiger partial charge in [0.2, 0.25) is 11.9 Å². The summed E-state index contributed by atoms with van der Waals surface area (Å²) in [4.78, 5) is 52.7. The number of nitrogens with zero attached hydrogens (tertiary/aromatic N) is 5. The van der Waals surface area contributed by atoms with Crippen LogP contribution in [-0.4, -0.2) is 44.6 Å². The third-order valence-electron chi connectivity index (χ3n) is 7.07. The maximum absolute atomic E-state index is 13.7. The number of carbonyl (C=O) groups is 3. The van der Waals surface area contributed by atoms with E-state index < -0.39 is 12.1 Å². The Balaban J connectivity index is 1.33. The molecule has 2 aromatic heterocycles. The summed E-state index contributed by atoms with van der Waals surface area (Å²) in [6.07, 6.45) is 0.851. The van der Waals surface area contributed by atoms with Gasteiger partial charge in [-0.15, -0.1) is 0 Å². The van der Waals surface area contributed by atoms with Gasteiger partial charge in [0.1, 0.15) is 0 Å². The van der Waals surface area contributed by atoms with Crippen molar-refractivity contribution in [3.05, 3.63) is 127 Å². The quantitative estimate of drug-likeness (QED) is 0.190. The summed E-state index contributed by atoms with van der Waals surface area (Å²) in [7, 11) is 1.35. The van der Waals surface area contributed by atoms with Crippen molar-refractivity contribution in [3.63, 3.8) is 0 Å². The van der Waals surface area contributed by atoms with E-state index in [9.17, 15) is 14.4 Å². The summed E-state index contributed by atoms with van der Waals surface area (Å²) >= 11 is 0. The van der Waals surface area contributed by atoms with E-state index in [1.54, 1.807) is 47.3 Å². The number of hydrogen-bond acceptors (Lipinski definition) is 8. The van der Waals surface area contributed by atoms with Crippen molar-refractivity contribution in [1.29, 1.82) is 0 Å². The zero-order valence-electron chi connectivity index (χ0n) is 25.0. The molecule has 0 saturated carbocycles. The molecule has 6 aromatic rings. The summed E-state index contributed by atoms with van der Waals surface area (Å²) in [5, 5.41) is 2.58. The molecule has 4 aromatic carbocycles. The van der Waals surface area contributed by atoms with Crippen molar-refractivity contribution in [2.75, 3.05) is 17.3 Å². The topological polar surface area (TPSA) is 129 Å². The second kappa shape index (κ2) is 13.1. The maximum atomic E-state index is 13.7. The molecule has 0 aliphatic rings. The number of esters is 1. The van der Waals surface area contributed by atoms with Crippen LogP contribution in [0.3, 0.4) is 0 Å². The van der Waals surface area contributed by atoms with Crippen molar-refractivity contribution >= 4 is 46.5 Å². The molecule has 1 N–H and O–H groups in total. The Bertz CT molecular complexity index is 1990. The van der Waals surface area contributed by atoms with Gasteiger partial charge in [0.25, 0.3) is 5.88 Å². The first-order chi connectivity index (χ1) is 22.4. The number of benzene rings is 4. The summed E-state index contributed by atoms with van der Waals surface area (Å²) in [5.41, 5.74) is 4.78. The Kier molecular flexibility index (Phi) is 8.46. The van der Waals surface area contributed by atoms with E-state index in [-0.39, 0.29) is 23.3 Å². The Labute approximate surface area is 264 Å². The first-order valence-electron chi connectivity index (χ1n) is 14.3. The number of fused-ring (bicyclic) bond motifs is 1. The Morgan fingerprint density at radius 2 is 1.43 bits per heavy atom. The Morgan fingerprint density at radius 1 is 0.804 bits per heavy atom. The highest BCUT2D eigenvalue weighted by Gasteiger charge is 2.24. The van der Waals surface area contributed by atoms with Gasteiger partial charge in [-0.05, 0) is 47.0 Å². The molecule has 2 heterocycles. The number of anilines is 3. The highest BCUT2D eigenvalue weighted by molar-refractivity contribution is 5.98. The Hall–Kier alpha value is -6.36. The monoisotopic (exact) mass is 612 g/mol. The summed E-state index contributed by atoms with van der Waals surface area (Å²) in [5.74, 6) is -0.943. The van der Waals surface area contributed by atoms with Crippen LogP contribution >= 0.6 is 0 Å². The molecule has 6 rings (SSSR count). The molecule has 0 spiro atoms. The fourth-order valence-corrected chi connectivity index (χ4v) is 4.97. The molecule has 46 heavy (non-hydrogen) atoms. The van der Waals surface area contributed by atoms with E-state index in [1.165, 1.54) is 18.9 Å². The molecule has 0 bridgehead atoms. The van der Waals surface area contributed by atoms with Crippen molar-refractivity contribution in [3.8, 4) is 17.0 Å². The Morgan fingerprint density at radius 3 is 2.07 bits per heavy atom. The summed E-state index contributed by atoms with van der Waals surface area (Å²) in [6.45, 7) is 1.70. The molecule has 0 saturated heterocycles. The molecule has 2 amide bonds. The van der Waals surface area contributed by atoms with Crippen molar-refractivity contribution in [2.24, 2.45) is 0 Å². The van der Waals surface area contributed by atoms with E-state index in [4.69, 9.17) is 9.47 Å². The van der Waals surface area contributed by atoms with Crippen LogP contribution in [0.2, 0.25) is 0 Å². The van der Waals surface area contributed by atoms with Gasteiger partial charge >= 0.3 is 12.1 Å². The first kappa shape index (κ1) is 29.7. The van der Waals surface area contributed by atoms with Gasteiger partial charge in [-0.2, -0.15) is 9.97 Å². The van der Waals surface area contributed by atoms with E-state index in [0.717, 1.165) is 16.7 Å². The molecule has 0 unspecified atom stereocenters. The summed E-state index contributed by atoms with van der Waals surface area (Å²) < 4.78 is 12.6. The first-order valence-corrected chi connectivity index (χ1v) is 14.3. The number of nitrogens with one attached hydrogen (secondary N) is 1. The molecule has 0 atom stereocenters. The van der Waals surface area contributed by atoms with Crippen LogP contribution in [-0.2, 0) is 16.1 Å². The molecular formula is C35H28N6O5. The summed E-state index contributed by atoms with van der Waals surface area (Å²) in [6, 6.07) is 33.1. The lowest BCUT2D eigenvalue weighted by Crippen LogP contribution is -2.29. The highest BCUT2D eigenvalue weighted by Crippen LogP contribution is 2.30. The number of aromatic nitrogens is 4. The number of para-hydroxylation sites is 2. The number of rotatable bonds is 8. The normalized spacial score (nSPS) is 10.7. The van der Waals surface area contributed by atoms with Gasteiger partial charge < -0.3 is 14.0 Å². The molecule has 0 radical (unpaired) electrons. The zero-order chi connectivity index (χ0) is 32.0. The van der Waals surface area contributed by atoms with Crippen LogP contribution in [0.25, 0.3) is 22.3 Å². The molecule has 11 nitrogen and oxygen atoms in total. The second-order valence-corrected chi connectivity index (χ2v) is 10.2. The lowest BCUT2D eigenvalue weighted by atomic mass is 9.98. The van der Waals surface area contributed by atoms with Crippen LogP contribution in [0.5, 0.6) is 5.88 Å². The van der Waals surface area contributed by atoms with Crippen molar-refractivity contribution < 1.29 is 23.9 Å². The standard InChI is InChI=1S/C35H28N6O5/c1-23(42)37-34-38-31-30(32(39-34)46-35(44)41(26-11-5-3-6-12-26)27-13-7-4-8-14-27)36-22-40(31)21-24-17-19-25(20-18-24)28-15-9-10-16-29(28)33(43)45-2/h3-20,22H,21H2,1-2H3,(H,37,38,39,42). The van der Waals surface area contributed by atoms with Crippen LogP contribution in [0.1, 0.15) is 22.8 Å². The van der Waals surface area contributed by atoms with E-state index in [0.29, 0.717) is 29.1 Å². The smallest absolute Gasteiger partial charge is 0.425 e. The van der Waals surface area contributed by atoms with Crippen LogP contribution < -0.4 is 15.0 Å². The number of ether oxygens (including phenoxy) is 2. The lowest BCUT2D eigenvalue weighted by Gasteiger charge is -2.22. The molecular weight excluding hydrogens is 584 g/mol. The van der Waals surface area contributed by atoms with Crippen molar-refractivity contribution in [1.82, 2.24) is 19.5 Å².